The van der Waals surface area contributed by atoms with E-state index in [1.54, 1.807) is 0 Å². The van der Waals surface area contributed by atoms with E-state index in [2.05, 4.69) is 62.9 Å². The number of aliphatic carboxylic acids is 1. The van der Waals surface area contributed by atoms with Crippen molar-refractivity contribution < 1.29 is 33.3 Å². The Morgan fingerprint density at radius 1 is 0.792 bits per heavy atom. The molecule has 8 nitrogen and oxygen atoms in total. The monoisotopic (exact) mass is 744 g/mol. The fourth-order valence-electron chi connectivity index (χ4n) is 9.73. The van der Waals surface area contributed by atoms with E-state index in [0.29, 0.717) is 25.4 Å². The molecule has 304 valence electrons. The first-order chi connectivity index (χ1) is 25.6. The number of hydrogen-bond donors (Lipinski definition) is 2. The summed E-state index contributed by atoms with van der Waals surface area (Å²) >= 11 is 0. The largest absolute Gasteiger partial charge is 0.481 e. The normalized spacial score (nSPS) is 18.4. The number of pyridine rings is 1. The topological polar surface area (TPSA) is 111 Å². The van der Waals surface area contributed by atoms with Crippen LogP contribution in [0.2, 0.25) is 0 Å². The minimum Gasteiger partial charge on any atom is -0.481 e. The molecule has 0 bridgehead atoms. The molecule has 1 aromatic rings. The molecule has 1 fully saturated rings. The molecule has 8 heteroatoms. The average Bonchev–Trinajstić information content (AvgIpc) is 3.58. The van der Waals surface area contributed by atoms with Gasteiger partial charge in [0.2, 0.25) is 5.91 Å². The van der Waals surface area contributed by atoms with Gasteiger partial charge in [-0.25, -0.2) is 4.57 Å². The van der Waals surface area contributed by atoms with Crippen molar-refractivity contribution in [3.63, 3.8) is 0 Å². The predicted octanol–water partition coefficient (Wildman–Crippen LogP) is 9.52. The van der Waals surface area contributed by atoms with Crippen molar-refractivity contribution in [2.45, 2.75) is 170 Å². The molecule has 0 aromatic carbocycles. The van der Waals surface area contributed by atoms with Gasteiger partial charge in [0.1, 0.15) is 6.54 Å². The Balaban J connectivity index is 1.92. The number of carbonyl (C=O) groups excluding carboxylic acids is 2. The molecule has 1 aromatic heterocycles. The second-order valence-corrected chi connectivity index (χ2v) is 16.8. The standard InChI is InChI=1S/C45H79N3O5/c1-6-29-48(30-7-2,31-8-3)36-37(5)33-40(34-39-24-23-25-41(39)42(44(50)51)35-38(9-4)43(46)49)45(52)53-32-22-17-15-13-11-10-12-14-16-19-26-47-27-20-18-21-28-47/h18,20-21,27-28,37-42H,6-17,19,22-26,29-36H2,1-5H3,(H-2,46,49,50,51)/p+2. The summed E-state index contributed by atoms with van der Waals surface area (Å²) in [6, 6.07) is 6.24. The number of hydrogen-bond acceptors (Lipinski definition) is 4. The number of carbonyl (C=O) groups is 3. The molecule has 2 rings (SSSR count). The van der Waals surface area contributed by atoms with Gasteiger partial charge < -0.3 is 20.1 Å². The van der Waals surface area contributed by atoms with Crippen molar-refractivity contribution in [1.82, 2.24) is 0 Å². The molecule has 0 radical (unpaired) electrons. The van der Waals surface area contributed by atoms with Gasteiger partial charge in [0.15, 0.2) is 12.4 Å². The second kappa shape index (κ2) is 27.2. The van der Waals surface area contributed by atoms with Crippen LogP contribution in [0, 0.1) is 35.5 Å². The van der Waals surface area contributed by atoms with Gasteiger partial charge in [-0.2, -0.15) is 0 Å². The molecule has 6 atom stereocenters. The van der Waals surface area contributed by atoms with Crippen molar-refractivity contribution >= 4 is 17.8 Å². The van der Waals surface area contributed by atoms with Gasteiger partial charge in [-0.05, 0) is 76.0 Å². The zero-order valence-electron chi connectivity index (χ0n) is 34.8. The van der Waals surface area contributed by atoms with E-state index in [1.807, 2.05) is 6.92 Å². The molecule has 53 heavy (non-hydrogen) atoms. The molecule has 0 aliphatic heterocycles. The lowest BCUT2D eigenvalue weighted by molar-refractivity contribution is -0.931. The maximum atomic E-state index is 13.9. The highest BCUT2D eigenvalue weighted by Gasteiger charge is 2.41. The van der Waals surface area contributed by atoms with E-state index in [1.165, 1.54) is 71.0 Å². The first-order valence-electron chi connectivity index (χ1n) is 22.1. The van der Waals surface area contributed by atoms with Crippen LogP contribution < -0.4 is 10.3 Å². The number of aromatic nitrogens is 1. The highest BCUT2D eigenvalue weighted by Crippen LogP contribution is 2.44. The number of aryl methyl sites for hydroxylation is 1. The first-order valence-corrected chi connectivity index (χ1v) is 22.1. The Morgan fingerprint density at radius 3 is 1.89 bits per heavy atom. The molecule has 6 unspecified atom stereocenters. The summed E-state index contributed by atoms with van der Waals surface area (Å²) in [6.45, 7) is 17.2. The lowest BCUT2D eigenvalue weighted by atomic mass is 9.74. The Morgan fingerprint density at radius 2 is 1.36 bits per heavy atom. The number of primary amides is 1. The molecule has 1 saturated carbocycles. The maximum Gasteiger partial charge on any atom is 0.308 e. The summed E-state index contributed by atoms with van der Waals surface area (Å²) in [7, 11) is 0. The van der Waals surface area contributed by atoms with Crippen LogP contribution in [0.1, 0.15) is 163 Å². The van der Waals surface area contributed by atoms with Gasteiger partial charge in [-0.3, -0.25) is 14.4 Å². The zero-order valence-corrected chi connectivity index (χ0v) is 34.8. The SMILES string of the molecule is CCC[N+](CCC)(CCC)CC(C)CC(CC1CCCC1C(CC(CC)C(N)=O)C(=O)O)C(=O)OCCCCCCCCCCCC[n+]1ccccc1. The third kappa shape index (κ3) is 18.1. The number of quaternary nitrogens is 1. The Kier molecular flexibility index (Phi) is 23.9. The van der Waals surface area contributed by atoms with E-state index in [0.717, 1.165) is 75.4 Å². The van der Waals surface area contributed by atoms with E-state index in [-0.39, 0.29) is 30.1 Å². The van der Waals surface area contributed by atoms with Crippen LogP contribution in [0.5, 0.6) is 0 Å². The number of ether oxygens (including phenoxy) is 1. The molecule has 1 aliphatic carbocycles. The number of unbranched alkanes of at least 4 members (excludes halogenated alkanes) is 9. The van der Waals surface area contributed by atoms with Gasteiger partial charge in [0.25, 0.3) is 0 Å². The minimum atomic E-state index is -0.840. The van der Waals surface area contributed by atoms with Crippen LogP contribution >= 0.6 is 0 Å². The van der Waals surface area contributed by atoms with Crippen molar-refractivity contribution in [2.24, 2.45) is 41.2 Å². The quantitative estimate of drug-likeness (QED) is 0.0331. The van der Waals surface area contributed by atoms with Crippen LogP contribution in [0.3, 0.4) is 0 Å². The Hall–Kier alpha value is -2.48. The molecular formula is C45H81N3O5+2. The number of amides is 1. The third-order valence-electron chi connectivity index (χ3n) is 12.2. The average molecular weight is 744 g/mol. The zero-order chi connectivity index (χ0) is 38.9. The lowest BCUT2D eigenvalue weighted by Gasteiger charge is -2.41. The molecule has 0 saturated heterocycles. The molecule has 1 aliphatic rings. The summed E-state index contributed by atoms with van der Waals surface area (Å²) in [5.41, 5.74) is 5.66. The Labute approximate surface area is 324 Å². The van der Waals surface area contributed by atoms with E-state index < -0.39 is 23.7 Å². The van der Waals surface area contributed by atoms with Crippen molar-refractivity contribution in [2.75, 3.05) is 32.8 Å². The molecule has 0 spiro atoms. The smallest absolute Gasteiger partial charge is 0.308 e. The van der Waals surface area contributed by atoms with Crippen LogP contribution in [0.25, 0.3) is 0 Å². The number of rotatable bonds is 32. The molecule has 3 N–H and O–H groups in total. The minimum absolute atomic E-state index is 0.0463. The summed E-state index contributed by atoms with van der Waals surface area (Å²) < 4.78 is 9.41. The summed E-state index contributed by atoms with van der Waals surface area (Å²) in [6.07, 6.45) is 24.8. The number of nitrogens with zero attached hydrogens (tertiary/aromatic N) is 2. The highest BCUT2D eigenvalue weighted by atomic mass is 16.5. The van der Waals surface area contributed by atoms with Crippen molar-refractivity contribution in [3.05, 3.63) is 30.6 Å². The Bertz CT molecular complexity index is 1110. The molecule has 1 amide bonds. The molecule has 1 heterocycles. The maximum absolute atomic E-state index is 13.9. The number of carboxylic acid groups (broad SMARTS) is 1. The lowest BCUT2D eigenvalue weighted by Crippen LogP contribution is -2.52. The summed E-state index contributed by atoms with van der Waals surface area (Å²) in [5, 5.41) is 10.3. The van der Waals surface area contributed by atoms with E-state index >= 15 is 0 Å². The van der Waals surface area contributed by atoms with Gasteiger partial charge in [0, 0.05) is 30.4 Å². The van der Waals surface area contributed by atoms with Crippen LogP contribution in [-0.4, -0.2) is 60.2 Å². The van der Waals surface area contributed by atoms with Crippen LogP contribution in [0.15, 0.2) is 30.6 Å². The van der Waals surface area contributed by atoms with Gasteiger partial charge >= 0.3 is 11.9 Å². The fourth-order valence-corrected chi connectivity index (χ4v) is 9.73. The van der Waals surface area contributed by atoms with Crippen molar-refractivity contribution in [1.29, 1.82) is 0 Å². The van der Waals surface area contributed by atoms with Gasteiger partial charge in [-0.15, -0.1) is 0 Å². The van der Waals surface area contributed by atoms with Crippen LogP contribution in [0.4, 0.5) is 0 Å². The highest BCUT2D eigenvalue weighted by molar-refractivity contribution is 5.78. The molecular weight excluding hydrogens is 663 g/mol. The predicted molar refractivity (Wildman–Crippen MR) is 216 cm³/mol. The van der Waals surface area contributed by atoms with Crippen molar-refractivity contribution in [3.8, 4) is 0 Å². The number of esters is 1. The first kappa shape index (κ1) is 46.7. The van der Waals surface area contributed by atoms with Crippen LogP contribution in [-0.2, 0) is 25.7 Å². The second-order valence-electron chi connectivity index (χ2n) is 16.8. The number of nitrogens with two attached hydrogens (primary N) is 1. The fraction of sp³-hybridized carbons (Fsp3) is 0.822. The number of carboxylic acids is 1. The van der Waals surface area contributed by atoms with E-state index in [9.17, 15) is 19.5 Å². The summed E-state index contributed by atoms with van der Waals surface area (Å²) in [4.78, 5) is 38.6. The van der Waals surface area contributed by atoms with Gasteiger partial charge in [-0.1, -0.05) is 98.5 Å². The summed E-state index contributed by atoms with van der Waals surface area (Å²) in [5.74, 6) is -2.19. The van der Waals surface area contributed by atoms with E-state index in [4.69, 9.17) is 10.5 Å². The third-order valence-corrected chi connectivity index (χ3v) is 12.2. The van der Waals surface area contributed by atoms with Gasteiger partial charge in [0.05, 0.1) is 44.6 Å².